The van der Waals surface area contributed by atoms with E-state index in [1.807, 2.05) is 65.0 Å². The molecule has 1 aromatic heterocycles. The first-order valence-corrected chi connectivity index (χ1v) is 14.8. The van der Waals surface area contributed by atoms with Gasteiger partial charge in [0.2, 0.25) is 0 Å². The van der Waals surface area contributed by atoms with Gasteiger partial charge in [-0.15, -0.1) is 26.5 Å². The Kier molecular flexibility index (Phi) is 8.24. The van der Waals surface area contributed by atoms with Crippen LogP contribution in [0.1, 0.15) is 80.8 Å². The molecule has 0 bridgehead atoms. The smallest absolute Gasteiger partial charge is 0.309 e. The summed E-state index contributed by atoms with van der Waals surface area (Å²) in [5.41, 5.74) is 4.59. The lowest BCUT2D eigenvalue weighted by molar-refractivity contribution is -0.692. The van der Waals surface area contributed by atoms with Crippen molar-refractivity contribution in [3.05, 3.63) is 113 Å². The van der Waals surface area contributed by atoms with E-state index in [9.17, 15) is 4.79 Å². The zero-order valence-electron chi connectivity index (χ0n) is 25.1. The normalized spacial score (nSPS) is 15.6. The third-order valence-electron chi connectivity index (χ3n) is 8.41. The Bertz CT molecular complexity index is 1570. The average Bonchev–Trinajstić information content (AvgIpc) is 3.50. The van der Waals surface area contributed by atoms with E-state index in [0.717, 1.165) is 24.4 Å². The molecule has 0 radical (unpaired) electrons. The van der Waals surface area contributed by atoms with Gasteiger partial charge < -0.3 is 10.1 Å². The predicted molar refractivity (Wildman–Crippen MR) is 166 cm³/mol. The maximum atomic E-state index is 13.2. The van der Waals surface area contributed by atoms with Crippen LogP contribution in [0.2, 0.25) is 0 Å². The van der Waals surface area contributed by atoms with Crippen LogP contribution in [0.25, 0.3) is 0 Å². The molecule has 1 amide bonds. The van der Waals surface area contributed by atoms with Crippen molar-refractivity contribution < 1.29 is 14.2 Å². The quantitative estimate of drug-likeness (QED) is 0.176. The van der Waals surface area contributed by atoms with Gasteiger partial charge in [-0.1, -0.05) is 66.7 Å². The minimum atomic E-state index is -0.687. The molecule has 3 aromatic carbocycles. The van der Waals surface area contributed by atoms with E-state index in [4.69, 9.17) is 16.3 Å². The molecule has 0 spiro atoms. The molecule has 2 heterocycles. The fraction of sp³-hybridized carbons (Fsp3) is 0.353. The van der Waals surface area contributed by atoms with Crippen molar-refractivity contribution in [2.75, 3.05) is 0 Å². The third-order valence-corrected chi connectivity index (χ3v) is 8.94. The van der Waals surface area contributed by atoms with Gasteiger partial charge in [0.15, 0.2) is 11.5 Å². The van der Waals surface area contributed by atoms with Crippen molar-refractivity contribution in [2.45, 2.75) is 76.8 Å². The van der Waals surface area contributed by atoms with Crippen LogP contribution in [-0.4, -0.2) is 33.5 Å². The Morgan fingerprint density at radius 2 is 1.45 bits per heavy atom. The van der Waals surface area contributed by atoms with E-state index >= 15 is 0 Å². The van der Waals surface area contributed by atoms with Gasteiger partial charge in [-0.25, -0.2) is 0 Å². The van der Waals surface area contributed by atoms with Gasteiger partial charge in [0, 0.05) is 10.6 Å². The number of alkyl halides is 1. The van der Waals surface area contributed by atoms with Crippen LogP contribution in [0.4, 0.5) is 0 Å². The van der Waals surface area contributed by atoms with Crippen LogP contribution in [0.15, 0.2) is 84.0 Å². The van der Waals surface area contributed by atoms with Gasteiger partial charge in [-0.3, -0.25) is 4.79 Å². The van der Waals surface area contributed by atoms with Crippen LogP contribution in [0.3, 0.4) is 0 Å². The largest absolute Gasteiger partial charge is 0.481 e. The fourth-order valence-electron chi connectivity index (χ4n) is 5.03. The van der Waals surface area contributed by atoms with Gasteiger partial charge in [0.25, 0.3) is 11.7 Å². The van der Waals surface area contributed by atoms with Crippen molar-refractivity contribution in [1.29, 1.82) is 0 Å². The summed E-state index contributed by atoms with van der Waals surface area (Å²) >= 11 is 6.45. The van der Waals surface area contributed by atoms with E-state index in [2.05, 4.69) is 69.1 Å². The number of rotatable bonds is 10. The minimum absolute atomic E-state index is 0.208. The highest BCUT2D eigenvalue weighted by molar-refractivity contribution is 6.31. The molecule has 7 nitrogen and oxygen atoms in total. The number of ether oxygens (including phenoxy) is 1. The summed E-state index contributed by atoms with van der Waals surface area (Å²) in [5, 5.41) is 14.9. The second kappa shape index (κ2) is 11.7. The summed E-state index contributed by atoms with van der Waals surface area (Å²) in [4.78, 5) is 13.2. The molecule has 0 saturated carbocycles. The molecule has 1 aliphatic rings. The van der Waals surface area contributed by atoms with E-state index < -0.39 is 17.1 Å². The first kappa shape index (κ1) is 29.5. The van der Waals surface area contributed by atoms with Crippen LogP contribution in [-0.2, 0) is 23.1 Å². The molecular formula is C34H39ClN5O2+. The van der Waals surface area contributed by atoms with E-state index in [-0.39, 0.29) is 11.3 Å². The predicted octanol–water partition coefficient (Wildman–Crippen LogP) is 6.04. The molecule has 2 N–H and O–H groups in total. The molecule has 0 saturated heterocycles. The second-order valence-electron chi connectivity index (χ2n) is 12.1. The number of hydrogen-bond acceptors (Lipinski definition) is 4. The molecular weight excluding hydrogens is 546 g/mol. The summed E-state index contributed by atoms with van der Waals surface area (Å²) < 4.78 is 7.78. The van der Waals surface area contributed by atoms with Crippen molar-refractivity contribution >= 4 is 23.2 Å². The monoisotopic (exact) mass is 584 g/mol. The number of hydrogen-bond donors (Lipinski definition) is 2. The molecule has 218 valence electrons. The topological polar surface area (TPSA) is 83.2 Å². The van der Waals surface area contributed by atoms with Crippen LogP contribution in [0.5, 0.6) is 5.75 Å². The summed E-state index contributed by atoms with van der Waals surface area (Å²) in [5.74, 6) is 1.86. The fourth-order valence-corrected chi connectivity index (χ4v) is 5.21. The highest BCUT2D eigenvalue weighted by atomic mass is 35.5. The molecule has 4 aromatic rings. The standard InChI is InChI=1S/C34H38ClN5O2/c1-22-29(35)30-37-38-32(40(30)39-22)33(3,4)34(5,6)36-31(41)23(2)42-28-18-16-27(17-19-28)21-26-14-12-25(13-15-26)20-24-10-8-7-9-11-24/h7-19,23,29H,20-21H2,1-6H3,(H,36,41)/p+1. The number of aromatic nitrogens is 3. The lowest BCUT2D eigenvalue weighted by atomic mass is 9.73. The SMILES string of the molecule is CC1=N[n+]2c(C(C)(C)C(C)(C)NC(=O)C(C)Oc3ccc(Cc4ccc(Cc5ccccc5)cc4)cc3)n[nH]c2C1Cl. The Balaban J connectivity index is 1.17. The zero-order valence-corrected chi connectivity index (χ0v) is 25.9. The lowest BCUT2D eigenvalue weighted by Crippen LogP contribution is -2.61. The number of fused-ring (bicyclic) bond motifs is 1. The summed E-state index contributed by atoms with van der Waals surface area (Å²) in [7, 11) is 0. The molecule has 5 rings (SSSR count). The van der Waals surface area contributed by atoms with Gasteiger partial charge in [0.05, 0.1) is 11.1 Å². The lowest BCUT2D eigenvalue weighted by Gasteiger charge is -2.39. The maximum Gasteiger partial charge on any atom is 0.309 e. The van der Waals surface area contributed by atoms with Crippen molar-refractivity contribution in [1.82, 2.24) is 15.5 Å². The highest BCUT2D eigenvalue weighted by Crippen LogP contribution is 2.34. The molecule has 2 unspecified atom stereocenters. The molecule has 1 aliphatic heterocycles. The summed E-state index contributed by atoms with van der Waals surface area (Å²) in [6, 6.07) is 27.2. The number of halogens is 1. The van der Waals surface area contributed by atoms with E-state index in [0.29, 0.717) is 11.6 Å². The number of aromatic amines is 1. The first-order valence-electron chi connectivity index (χ1n) is 14.3. The van der Waals surface area contributed by atoms with Crippen LogP contribution < -0.4 is 14.7 Å². The Morgan fingerprint density at radius 3 is 2.02 bits per heavy atom. The van der Waals surface area contributed by atoms with Crippen LogP contribution in [0, 0.1) is 0 Å². The average molecular weight is 585 g/mol. The number of carbonyl (C=O) groups is 1. The highest BCUT2D eigenvalue weighted by Gasteiger charge is 2.50. The maximum absolute atomic E-state index is 13.2. The Labute approximate surface area is 253 Å². The van der Waals surface area contributed by atoms with Crippen LogP contribution >= 0.6 is 11.6 Å². The number of benzene rings is 3. The summed E-state index contributed by atoms with van der Waals surface area (Å²) in [6.07, 6.45) is 1.07. The number of nitrogens with zero attached hydrogens (tertiary/aromatic N) is 3. The minimum Gasteiger partial charge on any atom is -0.481 e. The van der Waals surface area contributed by atoms with Crippen molar-refractivity contribution in [3.63, 3.8) is 0 Å². The molecule has 8 heteroatoms. The molecule has 0 aliphatic carbocycles. The van der Waals surface area contributed by atoms with E-state index in [1.165, 1.54) is 22.3 Å². The molecule has 42 heavy (non-hydrogen) atoms. The van der Waals surface area contributed by atoms with Gasteiger partial charge in [-0.05, 0) is 88.8 Å². The second-order valence-corrected chi connectivity index (χ2v) is 12.6. The Morgan fingerprint density at radius 1 is 0.929 bits per heavy atom. The first-order chi connectivity index (χ1) is 19.9. The molecule has 0 fully saturated rings. The van der Waals surface area contributed by atoms with Gasteiger partial charge in [0.1, 0.15) is 5.75 Å². The third kappa shape index (κ3) is 6.12. The van der Waals surface area contributed by atoms with Crippen molar-refractivity contribution in [3.8, 4) is 5.75 Å². The molecule has 2 atom stereocenters. The Hall–Kier alpha value is -3.97. The number of amides is 1. The van der Waals surface area contributed by atoms with E-state index in [1.54, 1.807) is 11.6 Å². The van der Waals surface area contributed by atoms with Crippen molar-refractivity contribution in [2.24, 2.45) is 5.10 Å². The zero-order chi connectivity index (χ0) is 30.1. The summed E-state index contributed by atoms with van der Waals surface area (Å²) in [6.45, 7) is 11.7. The number of H-pyrrole nitrogens is 1. The number of nitrogens with one attached hydrogen (secondary N) is 2. The van der Waals surface area contributed by atoms with Gasteiger partial charge in [-0.2, -0.15) is 0 Å². The van der Waals surface area contributed by atoms with Gasteiger partial charge >= 0.3 is 5.82 Å². The number of carbonyl (C=O) groups excluding carboxylic acids is 1.